The van der Waals surface area contributed by atoms with Crippen LogP contribution in [0.2, 0.25) is 0 Å². The third-order valence-corrected chi connectivity index (χ3v) is 3.56. The van der Waals surface area contributed by atoms with Crippen LogP contribution in [0.1, 0.15) is 33.3 Å². The number of pyridine rings is 1. The van der Waals surface area contributed by atoms with Crippen molar-refractivity contribution < 1.29 is 4.79 Å². The minimum Gasteiger partial charge on any atom is -0.364 e. The van der Waals surface area contributed by atoms with Crippen LogP contribution in [0.25, 0.3) is 0 Å². The highest BCUT2D eigenvalue weighted by atomic mass is 16.2. The lowest BCUT2D eigenvalue weighted by molar-refractivity contribution is 0.250. The number of urea groups is 1. The third kappa shape index (κ3) is 5.26. The molecule has 0 atom stereocenters. The second-order valence-corrected chi connectivity index (χ2v) is 6.36. The van der Waals surface area contributed by atoms with Crippen LogP contribution in [-0.2, 0) is 6.54 Å². The second kappa shape index (κ2) is 8.34. The molecule has 0 aliphatic heterocycles. The van der Waals surface area contributed by atoms with Gasteiger partial charge in [0.2, 0.25) is 0 Å². The van der Waals surface area contributed by atoms with Gasteiger partial charge in [0, 0.05) is 18.6 Å². The van der Waals surface area contributed by atoms with Gasteiger partial charge in [0.15, 0.2) is 0 Å². The average Bonchev–Trinajstić information content (AvgIpc) is 2.53. The van der Waals surface area contributed by atoms with Gasteiger partial charge in [0.1, 0.15) is 5.82 Å². The molecule has 2 rings (SSSR count). The molecule has 0 aliphatic carbocycles. The average molecular weight is 326 g/mol. The molecule has 2 amide bonds. The van der Waals surface area contributed by atoms with E-state index in [1.807, 2.05) is 44.2 Å². The highest BCUT2D eigenvalue weighted by molar-refractivity contribution is 5.88. The Morgan fingerprint density at radius 3 is 2.33 bits per heavy atom. The van der Waals surface area contributed by atoms with Gasteiger partial charge >= 0.3 is 6.03 Å². The molecule has 2 aromatic rings. The molecular weight excluding hydrogens is 300 g/mol. The highest BCUT2D eigenvalue weighted by Crippen LogP contribution is 2.20. The first-order chi connectivity index (χ1) is 11.5. The molecule has 0 bridgehead atoms. The van der Waals surface area contributed by atoms with Crippen LogP contribution in [0.4, 0.5) is 16.3 Å². The third-order valence-electron chi connectivity index (χ3n) is 3.56. The topological polar surface area (TPSA) is 57.3 Å². The first-order valence-electron chi connectivity index (χ1n) is 8.30. The number of amides is 2. The van der Waals surface area contributed by atoms with Crippen LogP contribution in [0.15, 0.2) is 48.7 Å². The quantitative estimate of drug-likeness (QED) is 0.843. The lowest BCUT2D eigenvalue weighted by Gasteiger charge is -2.29. The van der Waals surface area contributed by atoms with Crippen molar-refractivity contribution in [2.75, 3.05) is 10.2 Å². The summed E-state index contributed by atoms with van der Waals surface area (Å²) in [6.45, 7) is 8.97. The van der Waals surface area contributed by atoms with Gasteiger partial charge in [0.05, 0.1) is 11.9 Å². The fourth-order valence-electron chi connectivity index (χ4n) is 2.40. The Hall–Kier alpha value is -2.56. The van der Waals surface area contributed by atoms with Crippen molar-refractivity contribution in [3.05, 3.63) is 54.2 Å². The van der Waals surface area contributed by atoms with Gasteiger partial charge in [-0.05, 0) is 45.4 Å². The van der Waals surface area contributed by atoms with Crippen LogP contribution >= 0.6 is 0 Å². The fraction of sp³-hybridized carbons (Fsp3) is 0.368. The molecule has 0 saturated heterocycles. The van der Waals surface area contributed by atoms with E-state index in [0.29, 0.717) is 11.9 Å². The van der Waals surface area contributed by atoms with Gasteiger partial charge in [-0.2, -0.15) is 0 Å². The Morgan fingerprint density at radius 2 is 1.79 bits per heavy atom. The summed E-state index contributed by atoms with van der Waals surface area (Å²) in [5, 5.41) is 5.52. The normalized spacial score (nSPS) is 10.8. The molecule has 0 spiro atoms. The molecule has 128 valence electrons. The van der Waals surface area contributed by atoms with Gasteiger partial charge in [-0.25, -0.2) is 9.78 Å². The molecule has 24 heavy (non-hydrogen) atoms. The van der Waals surface area contributed by atoms with Crippen molar-refractivity contribution >= 4 is 17.5 Å². The van der Waals surface area contributed by atoms with Crippen molar-refractivity contribution in [1.82, 2.24) is 10.3 Å². The minimum atomic E-state index is -0.241. The molecule has 1 aromatic heterocycles. The van der Waals surface area contributed by atoms with E-state index >= 15 is 0 Å². The van der Waals surface area contributed by atoms with Gasteiger partial charge in [-0.1, -0.05) is 30.3 Å². The second-order valence-electron chi connectivity index (χ2n) is 6.36. The van der Waals surface area contributed by atoms with E-state index in [4.69, 9.17) is 0 Å². The summed E-state index contributed by atoms with van der Waals surface area (Å²) in [5.74, 6) is 0.542. The molecule has 0 saturated carbocycles. The molecule has 0 unspecified atom stereocenters. The van der Waals surface area contributed by atoms with Crippen LogP contribution in [0, 0.1) is 0 Å². The van der Waals surface area contributed by atoms with Crippen molar-refractivity contribution in [2.24, 2.45) is 0 Å². The minimum absolute atomic E-state index is 0.0894. The summed E-state index contributed by atoms with van der Waals surface area (Å²) >= 11 is 0. The predicted octanol–water partition coefficient (Wildman–Crippen LogP) is 4.03. The molecule has 1 aromatic carbocycles. The number of carbonyl (C=O) groups is 1. The lowest BCUT2D eigenvalue weighted by Crippen LogP contribution is -2.34. The molecule has 5 nitrogen and oxygen atoms in total. The van der Waals surface area contributed by atoms with Crippen LogP contribution < -0.4 is 15.5 Å². The molecule has 2 N–H and O–H groups in total. The van der Waals surface area contributed by atoms with Gasteiger partial charge in [-0.3, -0.25) is 5.32 Å². The number of nitrogens with zero attached hydrogens (tertiary/aromatic N) is 2. The Kier molecular flexibility index (Phi) is 6.18. The number of rotatable bonds is 6. The van der Waals surface area contributed by atoms with Gasteiger partial charge in [0.25, 0.3) is 0 Å². The van der Waals surface area contributed by atoms with Crippen LogP contribution in [-0.4, -0.2) is 23.1 Å². The monoisotopic (exact) mass is 326 g/mol. The van der Waals surface area contributed by atoms with E-state index in [9.17, 15) is 4.79 Å². The van der Waals surface area contributed by atoms with Gasteiger partial charge in [-0.15, -0.1) is 0 Å². The number of nitrogens with one attached hydrogen (secondary N) is 2. The first kappa shape index (κ1) is 17.8. The summed E-state index contributed by atoms with van der Waals surface area (Å²) < 4.78 is 0. The Labute approximate surface area is 144 Å². The summed E-state index contributed by atoms with van der Waals surface area (Å²) in [6, 6.07) is 14.4. The number of carbonyl (C=O) groups excluding carboxylic acids is 1. The Morgan fingerprint density at radius 1 is 1.08 bits per heavy atom. The summed E-state index contributed by atoms with van der Waals surface area (Å²) in [7, 11) is 0. The molecule has 5 heteroatoms. The standard InChI is InChI=1S/C19H26N4O/c1-14(2)21-19(24)22-18-11-10-17(12-20-18)23(15(3)4)13-16-8-6-5-7-9-16/h5-12,14-15H,13H2,1-4H3,(H2,20,21,22,24). The van der Waals surface area contributed by atoms with Crippen molar-refractivity contribution in [2.45, 2.75) is 46.3 Å². The van der Waals surface area contributed by atoms with Gasteiger partial charge < -0.3 is 10.2 Å². The fourth-order valence-corrected chi connectivity index (χ4v) is 2.40. The maximum Gasteiger partial charge on any atom is 0.320 e. The number of aromatic nitrogens is 1. The zero-order valence-corrected chi connectivity index (χ0v) is 14.8. The molecule has 1 heterocycles. The number of benzene rings is 1. The SMILES string of the molecule is CC(C)NC(=O)Nc1ccc(N(Cc2ccccc2)C(C)C)cn1. The van der Waals surface area contributed by atoms with E-state index in [1.54, 1.807) is 6.20 Å². The molecule has 0 fully saturated rings. The Bertz CT molecular complexity index is 638. The zero-order chi connectivity index (χ0) is 17.5. The molecular formula is C19H26N4O. The molecule has 0 radical (unpaired) electrons. The number of anilines is 2. The zero-order valence-electron chi connectivity index (χ0n) is 14.8. The maximum atomic E-state index is 11.7. The smallest absolute Gasteiger partial charge is 0.320 e. The van der Waals surface area contributed by atoms with Crippen LogP contribution in [0.5, 0.6) is 0 Å². The molecule has 0 aliphatic rings. The van der Waals surface area contributed by atoms with E-state index in [1.165, 1.54) is 5.56 Å². The highest BCUT2D eigenvalue weighted by Gasteiger charge is 2.12. The van der Waals surface area contributed by atoms with E-state index < -0.39 is 0 Å². The van der Waals surface area contributed by atoms with Crippen LogP contribution in [0.3, 0.4) is 0 Å². The predicted molar refractivity (Wildman–Crippen MR) is 99.3 cm³/mol. The maximum absolute atomic E-state index is 11.7. The summed E-state index contributed by atoms with van der Waals surface area (Å²) in [6.07, 6.45) is 1.80. The summed E-state index contributed by atoms with van der Waals surface area (Å²) in [4.78, 5) is 18.4. The Balaban J connectivity index is 2.07. The largest absolute Gasteiger partial charge is 0.364 e. The van der Waals surface area contributed by atoms with Crippen molar-refractivity contribution in [3.63, 3.8) is 0 Å². The lowest BCUT2D eigenvalue weighted by atomic mass is 10.1. The number of hydrogen-bond donors (Lipinski definition) is 2. The van der Waals surface area contributed by atoms with E-state index in [2.05, 4.69) is 46.5 Å². The summed E-state index contributed by atoms with van der Waals surface area (Å²) in [5.41, 5.74) is 2.29. The van der Waals surface area contributed by atoms with E-state index in [-0.39, 0.29) is 12.1 Å². The van der Waals surface area contributed by atoms with Crippen molar-refractivity contribution in [3.8, 4) is 0 Å². The van der Waals surface area contributed by atoms with E-state index in [0.717, 1.165) is 12.2 Å². The van der Waals surface area contributed by atoms with Crippen molar-refractivity contribution in [1.29, 1.82) is 0 Å². The first-order valence-corrected chi connectivity index (χ1v) is 8.30. The number of hydrogen-bond acceptors (Lipinski definition) is 3.